The summed E-state index contributed by atoms with van der Waals surface area (Å²) in [5.41, 5.74) is 0. The largest absolute Gasteiger partial charge is 0.372 e. The molecule has 0 radical (unpaired) electrons. The third kappa shape index (κ3) is 7.38. The Morgan fingerprint density at radius 2 is 1.19 bits per heavy atom. The molecule has 0 aromatic rings. The molecule has 0 aliphatic carbocycles. The van der Waals surface area contributed by atoms with Crippen molar-refractivity contribution in [2.45, 2.75) is 101 Å². The summed E-state index contributed by atoms with van der Waals surface area (Å²) in [6, 6.07) is 0. The highest BCUT2D eigenvalue weighted by atomic mass is 32.2. The Morgan fingerprint density at radius 3 is 1.52 bits per heavy atom. The van der Waals surface area contributed by atoms with E-state index in [9.17, 15) is 0 Å². The van der Waals surface area contributed by atoms with E-state index in [0.717, 1.165) is 23.7 Å². The fourth-order valence-electron chi connectivity index (χ4n) is 2.99. The van der Waals surface area contributed by atoms with E-state index in [0.29, 0.717) is 12.2 Å². The maximum atomic E-state index is 5.61. The Balaban J connectivity index is 1.68. The molecule has 2 nitrogen and oxygen atoms in total. The summed E-state index contributed by atoms with van der Waals surface area (Å²) in [5.74, 6) is 0. The van der Waals surface area contributed by atoms with Crippen LogP contribution in [0.4, 0.5) is 0 Å². The fourth-order valence-corrected chi connectivity index (χ4v) is 4.71. The van der Waals surface area contributed by atoms with Gasteiger partial charge < -0.3 is 9.47 Å². The van der Waals surface area contributed by atoms with Crippen LogP contribution in [0, 0.1) is 0 Å². The van der Waals surface area contributed by atoms with E-state index in [4.69, 9.17) is 9.47 Å². The predicted octanol–water partition coefficient (Wildman–Crippen LogP) is 5.20. The topological polar surface area (TPSA) is 25.1 Å². The van der Waals surface area contributed by atoms with Crippen LogP contribution in [0.2, 0.25) is 0 Å². The highest BCUT2D eigenvalue weighted by molar-refractivity contribution is 8.00. The van der Waals surface area contributed by atoms with Gasteiger partial charge in [0.05, 0.1) is 25.4 Å². The molecule has 3 heteroatoms. The summed E-state index contributed by atoms with van der Waals surface area (Å²) in [5, 5.41) is 1.45. The Labute approximate surface area is 135 Å². The summed E-state index contributed by atoms with van der Waals surface area (Å²) in [7, 11) is 0. The van der Waals surface area contributed by atoms with E-state index in [1.54, 1.807) is 0 Å². The van der Waals surface area contributed by atoms with Crippen LogP contribution in [0.5, 0.6) is 0 Å². The zero-order valence-electron chi connectivity index (χ0n) is 14.0. The van der Waals surface area contributed by atoms with Gasteiger partial charge in [-0.3, -0.25) is 0 Å². The lowest BCUT2D eigenvalue weighted by atomic mass is 10.1. The molecule has 0 aromatic heterocycles. The molecule has 2 aliphatic heterocycles. The third-order valence-electron chi connectivity index (χ3n) is 4.58. The van der Waals surface area contributed by atoms with Crippen LogP contribution in [0.1, 0.15) is 78.1 Å². The number of thioether (sulfide) groups is 1. The SMILES string of the molecule is CCCCCCC(SC(CCCCCC)C1CO1)C1CO1. The first kappa shape index (κ1) is 17.6. The number of epoxide rings is 2. The van der Waals surface area contributed by atoms with Crippen LogP contribution < -0.4 is 0 Å². The highest BCUT2D eigenvalue weighted by Gasteiger charge is 2.39. The molecule has 2 fully saturated rings. The van der Waals surface area contributed by atoms with Crippen molar-refractivity contribution in [2.75, 3.05) is 13.2 Å². The number of hydrogen-bond acceptors (Lipinski definition) is 3. The second-order valence-corrected chi connectivity index (χ2v) is 8.14. The highest BCUT2D eigenvalue weighted by Crippen LogP contribution is 2.38. The van der Waals surface area contributed by atoms with Gasteiger partial charge in [0.2, 0.25) is 0 Å². The van der Waals surface area contributed by atoms with Gasteiger partial charge in [-0.25, -0.2) is 0 Å². The lowest BCUT2D eigenvalue weighted by molar-refractivity contribution is 0.384. The second kappa shape index (κ2) is 10.1. The lowest BCUT2D eigenvalue weighted by Gasteiger charge is -2.21. The van der Waals surface area contributed by atoms with Crippen molar-refractivity contribution >= 4 is 11.8 Å². The van der Waals surface area contributed by atoms with Gasteiger partial charge >= 0.3 is 0 Å². The van der Waals surface area contributed by atoms with E-state index < -0.39 is 0 Å². The number of rotatable bonds is 14. The maximum absolute atomic E-state index is 5.61. The van der Waals surface area contributed by atoms with Crippen molar-refractivity contribution in [1.29, 1.82) is 0 Å². The van der Waals surface area contributed by atoms with Crippen LogP contribution >= 0.6 is 11.8 Å². The minimum atomic E-state index is 0.550. The van der Waals surface area contributed by atoms with Crippen LogP contribution in [-0.4, -0.2) is 35.9 Å². The van der Waals surface area contributed by atoms with Crippen molar-refractivity contribution in [3.05, 3.63) is 0 Å². The third-order valence-corrected chi connectivity index (χ3v) is 6.36. The molecule has 0 aromatic carbocycles. The molecule has 0 N–H and O–H groups in total. The van der Waals surface area contributed by atoms with Crippen molar-refractivity contribution in [2.24, 2.45) is 0 Å². The summed E-state index contributed by atoms with van der Waals surface area (Å²) in [6.07, 6.45) is 14.7. The molecular formula is C18H34O2S. The van der Waals surface area contributed by atoms with Crippen LogP contribution in [0.25, 0.3) is 0 Å². The first-order chi connectivity index (χ1) is 10.3. The smallest absolute Gasteiger partial charge is 0.0928 e. The molecule has 0 spiro atoms. The van der Waals surface area contributed by atoms with Gasteiger partial charge in [0.25, 0.3) is 0 Å². The van der Waals surface area contributed by atoms with E-state index in [1.807, 2.05) is 0 Å². The minimum absolute atomic E-state index is 0.550. The standard InChI is InChI=1S/C18H34O2S/c1-3-5-7-9-11-17(15-13-19-15)21-18(16-14-20-16)12-10-8-6-4-2/h15-18H,3-14H2,1-2H3. The van der Waals surface area contributed by atoms with Crippen molar-refractivity contribution in [3.8, 4) is 0 Å². The molecule has 0 saturated carbocycles. The Kier molecular flexibility index (Phi) is 8.49. The average Bonchev–Trinajstić information content (AvgIpc) is 3.37. The van der Waals surface area contributed by atoms with Crippen molar-refractivity contribution in [3.63, 3.8) is 0 Å². The summed E-state index contributed by atoms with van der Waals surface area (Å²) in [4.78, 5) is 0. The number of ether oxygens (including phenoxy) is 2. The van der Waals surface area contributed by atoms with Gasteiger partial charge in [0.1, 0.15) is 0 Å². The normalized spacial score (nSPS) is 26.6. The average molecular weight is 315 g/mol. The fraction of sp³-hybridized carbons (Fsp3) is 1.00. The van der Waals surface area contributed by atoms with Crippen molar-refractivity contribution < 1.29 is 9.47 Å². The van der Waals surface area contributed by atoms with Gasteiger partial charge in [-0.15, -0.1) is 11.8 Å². The zero-order chi connectivity index (χ0) is 14.9. The Morgan fingerprint density at radius 1 is 0.762 bits per heavy atom. The molecule has 4 atom stereocenters. The maximum Gasteiger partial charge on any atom is 0.0928 e. The molecule has 124 valence electrons. The molecule has 2 rings (SSSR count). The van der Waals surface area contributed by atoms with E-state index in [2.05, 4.69) is 25.6 Å². The first-order valence-electron chi connectivity index (χ1n) is 9.23. The second-order valence-electron chi connectivity index (χ2n) is 6.66. The Bertz CT molecular complexity index is 238. The van der Waals surface area contributed by atoms with Gasteiger partial charge in [-0.2, -0.15) is 0 Å². The zero-order valence-corrected chi connectivity index (χ0v) is 14.8. The monoisotopic (exact) mass is 314 g/mol. The van der Waals surface area contributed by atoms with E-state index in [1.165, 1.54) is 64.2 Å². The first-order valence-corrected chi connectivity index (χ1v) is 10.2. The molecule has 0 bridgehead atoms. The molecule has 21 heavy (non-hydrogen) atoms. The van der Waals surface area contributed by atoms with Crippen LogP contribution in [0.3, 0.4) is 0 Å². The molecular weight excluding hydrogens is 280 g/mol. The van der Waals surface area contributed by atoms with Gasteiger partial charge in [0.15, 0.2) is 0 Å². The lowest BCUT2D eigenvalue weighted by Crippen LogP contribution is -2.20. The summed E-state index contributed by atoms with van der Waals surface area (Å²) >= 11 is 2.20. The van der Waals surface area contributed by atoms with Gasteiger partial charge in [-0.05, 0) is 12.8 Å². The summed E-state index contributed by atoms with van der Waals surface area (Å²) in [6.45, 7) is 6.57. The van der Waals surface area contributed by atoms with Crippen LogP contribution in [-0.2, 0) is 9.47 Å². The number of hydrogen-bond donors (Lipinski definition) is 0. The molecule has 4 unspecified atom stereocenters. The number of unbranched alkanes of at least 4 members (excludes halogenated alkanes) is 6. The molecule has 0 amide bonds. The van der Waals surface area contributed by atoms with E-state index in [-0.39, 0.29) is 0 Å². The molecule has 2 saturated heterocycles. The molecule has 2 heterocycles. The quantitative estimate of drug-likeness (QED) is 0.325. The van der Waals surface area contributed by atoms with Crippen LogP contribution in [0.15, 0.2) is 0 Å². The predicted molar refractivity (Wildman–Crippen MR) is 92.2 cm³/mol. The minimum Gasteiger partial charge on any atom is -0.372 e. The van der Waals surface area contributed by atoms with Crippen molar-refractivity contribution in [1.82, 2.24) is 0 Å². The Hall–Kier alpha value is 0.270. The molecule has 2 aliphatic rings. The van der Waals surface area contributed by atoms with Gasteiger partial charge in [0, 0.05) is 10.5 Å². The van der Waals surface area contributed by atoms with E-state index >= 15 is 0 Å². The summed E-state index contributed by atoms with van der Waals surface area (Å²) < 4.78 is 11.2. The van der Waals surface area contributed by atoms with Gasteiger partial charge in [-0.1, -0.05) is 65.2 Å².